The molecule has 2 aliphatic rings. The maximum atomic E-state index is 14.4. The van der Waals surface area contributed by atoms with Crippen molar-refractivity contribution in [2.75, 3.05) is 0 Å². The first-order chi connectivity index (χ1) is 19.1. The van der Waals surface area contributed by atoms with Crippen LogP contribution in [0, 0.1) is 38.0 Å². The topological polar surface area (TPSA) is 91.3 Å². The molecular weight excluding hydrogens is 498 g/mol. The van der Waals surface area contributed by atoms with Crippen LogP contribution in [0.3, 0.4) is 0 Å². The van der Waals surface area contributed by atoms with Gasteiger partial charge in [0.25, 0.3) is 0 Å². The average molecular weight is 530 g/mol. The second-order valence-electron chi connectivity index (χ2n) is 10.9. The molecule has 0 radical (unpaired) electrons. The van der Waals surface area contributed by atoms with Gasteiger partial charge in [0.05, 0.1) is 17.0 Å². The quantitative estimate of drug-likeness (QED) is 0.179. The highest BCUT2D eigenvalue weighted by atomic mass is 16.4. The standard InChI is InChI=1S/C35H31NO4/c1-19(2)24-14-15-25-21(4)17-27(30(25)22(5)16-24)33(37)28(18-36)31(23-12-10-20(3)11-13-23)32-34(38)26-8-6-7-9-29(26)40-35(32)39/h6-17,19,28,31,38H,1-5H3. The van der Waals surface area contributed by atoms with Gasteiger partial charge in [-0.05, 0) is 78.3 Å². The fourth-order valence-electron chi connectivity index (χ4n) is 5.63. The maximum absolute atomic E-state index is 14.4. The smallest absolute Gasteiger partial charge is 0.343 e. The molecule has 0 saturated carbocycles. The van der Waals surface area contributed by atoms with E-state index < -0.39 is 23.2 Å². The van der Waals surface area contributed by atoms with Crippen molar-refractivity contribution in [3.05, 3.63) is 122 Å². The summed E-state index contributed by atoms with van der Waals surface area (Å²) in [5.74, 6) is -2.72. The van der Waals surface area contributed by atoms with Crippen molar-refractivity contribution in [1.29, 1.82) is 5.26 Å². The molecule has 3 aromatic rings. The summed E-state index contributed by atoms with van der Waals surface area (Å²) < 4.78 is 5.59. The molecular formula is C35H31NO4. The van der Waals surface area contributed by atoms with E-state index in [4.69, 9.17) is 4.42 Å². The second-order valence-corrected chi connectivity index (χ2v) is 10.9. The zero-order chi connectivity index (χ0) is 28.7. The molecule has 2 atom stereocenters. The molecule has 2 aliphatic carbocycles. The number of rotatable bonds is 6. The molecule has 5 rings (SSSR count). The second kappa shape index (κ2) is 10.5. The van der Waals surface area contributed by atoms with E-state index in [-0.39, 0.29) is 16.9 Å². The van der Waals surface area contributed by atoms with Crippen LogP contribution in [0.5, 0.6) is 5.75 Å². The van der Waals surface area contributed by atoms with E-state index in [0.717, 1.165) is 33.4 Å². The summed E-state index contributed by atoms with van der Waals surface area (Å²) in [6.07, 6.45) is 0. The zero-order valence-electron chi connectivity index (χ0n) is 23.3. The number of nitriles is 1. The lowest BCUT2D eigenvalue weighted by molar-refractivity contribution is 0.0940. The zero-order valence-corrected chi connectivity index (χ0v) is 23.3. The van der Waals surface area contributed by atoms with E-state index >= 15 is 0 Å². The van der Waals surface area contributed by atoms with Crippen molar-refractivity contribution < 1.29 is 14.3 Å². The number of aryl methyl sites for hydroxylation is 3. The summed E-state index contributed by atoms with van der Waals surface area (Å²) in [4.78, 5) is 27.8. The van der Waals surface area contributed by atoms with E-state index in [2.05, 4.69) is 32.0 Å². The van der Waals surface area contributed by atoms with Crippen LogP contribution in [0.1, 0.15) is 69.4 Å². The number of fused-ring (bicyclic) bond motifs is 2. The van der Waals surface area contributed by atoms with Crippen molar-refractivity contribution in [2.24, 2.45) is 5.92 Å². The van der Waals surface area contributed by atoms with Gasteiger partial charge in [0.2, 0.25) is 0 Å². The van der Waals surface area contributed by atoms with Gasteiger partial charge in [-0.3, -0.25) is 4.79 Å². The van der Waals surface area contributed by atoms with Gasteiger partial charge in [-0.15, -0.1) is 0 Å². The predicted octanol–water partition coefficient (Wildman–Crippen LogP) is 7.81. The largest absolute Gasteiger partial charge is 0.507 e. The van der Waals surface area contributed by atoms with Crippen molar-refractivity contribution in [1.82, 2.24) is 0 Å². The predicted molar refractivity (Wildman–Crippen MR) is 157 cm³/mol. The Morgan fingerprint density at radius 3 is 2.25 bits per heavy atom. The van der Waals surface area contributed by atoms with Crippen LogP contribution < -0.4 is 5.63 Å². The molecule has 1 N–H and O–H groups in total. The Bertz CT molecular complexity index is 1820. The van der Waals surface area contributed by atoms with Gasteiger partial charge in [0, 0.05) is 11.5 Å². The normalized spacial score (nSPS) is 12.9. The number of benzene rings is 2. The van der Waals surface area contributed by atoms with Gasteiger partial charge in [-0.1, -0.05) is 74.0 Å². The lowest BCUT2D eigenvalue weighted by atomic mass is 9.77. The first-order valence-corrected chi connectivity index (χ1v) is 13.4. The maximum Gasteiger partial charge on any atom is 0.343 e. The summed E-state index contributed by atoms with van der Waals surface area (Å²) >= 11 is 0. The summed E-state index contributed by atoms with van der Waals surface area (Å²) in [5.41, 5.74) is 6.13. The van der Waals surface area contributed by atoms with Crippen molar-refractivity contribution in [3.8, 4) is 22.9 Å². The highest BCUT2D eigenvalue weighted by molar-refractivity contribution is 6.08. The van der Waals surface area contributed by atoms with Crippen molar-refractivity contribution in [3.63, 3.8) is 0 Å². The van der Waals surface area contributed by atoms with Crippen LogP contribution in [-0.4, -0.2) is 10.9 Å². The summed E-state index contributed by atoms with van der Waals surface area (Å²) in [5, 5.41) is 22.2. The summed E-state index contributed by atoms with van der Waals surface area (Å²) in [6, 6.07) is 24.2. The fraction of sp³-hybridized carbons (Fsp3) is 0.229. The average Bonchev–Trinajstić information content (AvgIpc) is 3.15. The molecule has 40 heavy (non-hydrogen) atoms. The number of nitrogens with zero attached hydrogens (tertiary/aromatic N) is 1. The Morgan fingerprint density at radius 1 is 0.900 bits per heavy atom. The Labute approximate surface area is 233 Å². The molecule has 1 aromatic heterocycles. The number of hydrogen-bond donors (Lipinski definition) is 1. The summed E-state index contributed by atoms with van der Waals surface area (Å²) in [6.45, 7) is 10.1. The Hall–Kier alpha value is -4.69. The van der Waals surface area contributed by atoms with Gasteiger partial charge in [0.1, 0.15) is 17.3 Å². The highest BCUT2D eigenvalue weighted by Gasteiger charge is 2.38. The molecule has 0 amide bonds. The molecule has 0 fully saturated rings. The SMILES string of the molecule is Cc1ccc(C(c2c(O)c3ccccc3oc2=O)C(C#N)C(=O)c2cc(C)c3ccc(C(C)C)cc(C)c2-3)cc1. The van der Waals surface area contributed by atoms with Crippen LogP contribution in [0.4, 0.5) is 0 Å². The molecule has 200 valence electrons. The molecule has 2 aromatic carbocycles. The van der Waals surface area contributed by atoms with E-state index in [1.165, 1.54) is 0 Å². The van der Waals surface area contributed by atoms with Gasteiger partial charge < -0.3 is 9.52 Å². The monoisotopic (exact) mass is 529 g/mol. The number of carbonyl (C=O) groups excluding carboxylic acids is 1. The van der Waals surface area contributed by atoms with Gasteiger partial charge in [0.15, 0.2) is 5.78 Å². The highest BCUT2D eigenvalue weighted by Crippen LogP contribution is 2.42. The van der Waals surface area contributed by atoms with Gasteiger partial charge in [-0.2, -0.15) is 5.26 Å². The number of para-hydroxylation sites is 1. The molecule has 2 unspecified atom stereocenters. The third kappa shape index (κ3) is 4.56. The number of aromatic hydroxyl groups is 1. The molecule has 0 spiro atoms. The van der Waals surface area contributed by atoms with Crippen LogP contribution in [0.2, 0.25) is 0 Å². The first-order valence-electron chi connectivity index (χ1n) is 13.4. The Balaban J connectivity index is 1.75. The fourth-order valence-corrected chi connectivity index (χ4v) is 5.63. The first kappa shape index (κ1) is 26.9. The number of hydrogen-bond acceptors (Lipinski definition) is 5. The van der Waals surface area contributed by atoms with Gasteiger partial charge in [-0.25, -0.2) is 4.79 Å². The number of ketones is 1. The Morgan fingerprint density at radius 2 is 1.57 bits per heavy atom. The van der Waals surface area contributed by atoms with E-state index in [0.29, 0.717) is 22.4 Å². The molecule has 0 saturated heterocycles. The Kier molecular flexibility index (Phi) is 7.04. The van der Waals surface area contributed by atoms with Gasteiger partial charge >= 0.3 is 5.63 Å². The van der Waals surface area contributed by atoms with Crippen LogP contribution in [0.15, 0.2) is 82.0 Å². The van der Waals surface area contributed by atoms with E-state index in [9.17, 15) is 20.0 Å². The lowest BCUT2D eigenvalue weighted by Crippen LogP contribution is -2.26. The van der Waals surface area contributed by atoms with Crippen LogP contribution in [-0.2, 0) is 0 Å². The third-order valence-electron chi connectivity index (χ3n) is 7.80. The third-order valence-corrected chi connectivity index (χ3v) is 7.80. The van der Waals surface area contributed by atoms with E-state index in [1.807, 2.05) is 45.0 Å². The van der Waals surface area contributed by atoms with Crippen LogP contribution in [0.25, 0.3) is 22.1 Å². The minimum absolute atomic E-state index is 0.0978. The van der Waals surface area contributed by atoms with Crippen molar-refractivity contribution in [2.45, 2.75) is 46.5 Å². The molecule has 5 nitrogen and oxygen atoms in total. The molecule has 1 heterocycles. The number of Topliss-reactive ketones (excluding diaryl/α,β-unsaturated/α-hetero) is 1. The van der Waals surface area contributed by atoms with E-state index in [1.54, 1.807) is 36.4 Å². The molecule has 0 bridgehead atoms. The van der Waals surface area contributed by atoms with Crippen molar-refractivity contribution >= 4 is 16.8 Å². The molecule has 5 heteroatoms. The number of carbonyl (C=O) groups is 1. The minimum Gasteiger partial charge on any atom is -0.507 e. The van der Waals surface area contributed by atoms with Crippen LogP contribution >= 0.6 is 0 Å². The minimum atomic E-state index is -1.29. The summed E-state index contributed by atoms with van der Waals surface area (Å²) in [7, 11) is 0. The molecule has 0 aliphatic heterocycles. The lowest BCUT2D eigenvalue weighted by Gasteiger charge is -2.23.